The molecule has 0 aromatic carbocycles. The molecule has 1 fully saturated rings. The van der Waals surface area contributed by atoms with Gasteiger partial charge in [-0.15, -0.1) is 0 Å². The molecule has 0 aliphatic heterocycles. The first-order chi connectivity index (χ1) is 15.1. The van der Waals surface area contributed by atoms with Crippen LogP contribution in [0.4, 0.5) is 5.69 Å². The number of carbonyl (C=O) groups is 1. The molecule has 8 nitrogen and oxygen atoms in total. The maximum Gasteiger partial charge on any atom is 0.261 e. The number of carbonyl (C=O) groups excluding carboxylic acids is 1. The van der Waals surface area contributed by atoms with Crippen LogP contribution in [-0.4, -0.2) is 35.3 Å². The van der Waals surface area contributed by atoms with Crippen LogP contribution in [0.25, 0.3) is 17.0 Å². The van der Waals surface area contributed by atoms with Crippen molar-refractivity contribution in [3.8, 4) is 11.4 Å². The Morgan fingerprint density at radius 2 is 1.97 bits per heavy atom. The number of nitrogens with zero attached hydrogens (tertiary/aromatic N) is 6. The smallest absolute Gasteiger partial charge is 0.261 e. The van der Waals surface area contributed by atoms with Crippen molar-refractivity contribution in [3.05, 3.63) is 60.3 Å². The number of hydrogen-bond donors (Lipinski definition) is 1. The van der Waals surface area contributed by atoms with E-state index >= 15 is 0 Å². The van der Waals surface area contributed by atoms with Crippen LogP contribution in [-0.2, 0) is 0 Å². The second-order valence-corrected chi connectivity index (χ2v) is 8.41. The van der Waals surface area contributed by atoms with Gasteiger partial charge in [0.05, 0.1) is 23.6 Å². The molecule has 1 saturated carbocycles. The predicted molar refractivity (Wildman–Crippen MR) is 118 cm³/mol. The van der Waals surface area contributed by atoms with E-state index < -0.39 is 0 Å². The Labute approximate surface area is 180 Å². The minimum atomic E-state index is -0.265. The number of amides is 1. The van der Waals surface area contributed by atoms with Gasteiger partial charge in [-0.3, -0.25) is 14.5 Å². The molecule has 0 saturated heterocycles. The second-order valence-electron chi connectivity index (χ2n) is 8.41. The lowest BCUT2D eigenvalue weighted by Crippen LogP contribution is -2.17. The summed E-state index contributed by atoms with van der Waals surface area (Å²) in [6.45, 7) is 4.30. The highest BCUT2D eigenvalue weighted by Crippen LogP contribution is 2.34. The molecule has 0 unspecified atom stereocenters. The van der Waals surface area contributed by atoms with Crippen molar-refractivity contribution < 1.29 is 4.79 Å². The lowest BCUT2D eigenvalue weighted by Gasteiger charge is -2.26. The third-order valence-electron chi connectivity index (χ3n) is 6.02. The molecule has 0 spiro atoms. The topological polar surface area (TPSA) is 90.0 Å². The molecule has 0 radical (unpaired) electrons. The summed E-state index contributed by atoms with van der Waals surface area (Å²) in [5.74, 6) is 0.492. The fourth-order valence-electron chi connectivity index (χ4n) is 4.15. The highest BCUT2D eigenvalue weighted by molar-refractivity contribution is 6.09. The molecular formula is C23H25N7O. The first-order valence-electron chi connectivity index (χ1n) is 10.7. The molecule has 158 valence electrons. The van der Waals surface area contributed by atoms with Crippen LogP contribution in [0.5, 0.6) is 0 Å². The number of anilines is 1. The molecular weight excluding hydrogens is 390 g/mol. The van der Waals surface area contributed by atoms with Gasteiger partial charge in [-0.05, 0) is 56.2 Å². The Bertz CT molecular complexity index is 1220. The fraction of sp³-hybridized carbons (Fsp3) is 0.348. The standard InChI is InChI=1S/C23H25N7O/c1-15-4-7-17(8-5-15)30-14-20(21(28-30)19-9-6-16(2)12-25-19)27-23(31)18-13-26-29-11-3-10-24-22(18)29/h3,6,9-15,17H,4-5,7-8H2,1-2H3,(H,27,31). The summed E-state index contributed by atoms with van der Waals surface area (Å²) in [7, 11) is 0. The highest BCUT2D eigenvalue weighted by Gasteiger charge is 2.24. The van der Waals surface area contributed by atoms with Gasteiger partial charge in [-0.2, -0.15) is 10.2 Å². The molecule has 0 bridgehead atoms. The van der Waals surface area contributed by atoms with Crippen LogP contribution in [0.3, 0.4) is 0 Å². The minimum Gasteiger partial charge on any atom is -0.319 e. The first-order valence-corrected chi connectivity index (χ1v) is 10.7. The molecule has 4 aromatic rings. The summed E-state index contributed by atoms with van der Waals surface area (Å²) in [5.41, 5.74) is 4.08. The quantitative estimate of drug-likeness (QED) is 0.537. The zero-order valence-corrected chi connectivity index (χ0v) is 17.7. The monoisotopic (exact) mass is 415 g/mol. The fourth-order valence-corrected chi connectivity index (χ4v) is 4.15. The average molecular weight is 416 g/mol. The summed E-state index contributed by atoms with van der Waals surface area (Å²) >= 11 is 0. The summed E-state index contributed by atoms with van der Waals surface area (Å²) in [4.78, 5) is 21.9. The Morgan fingerprint density at radius 1 is 1.13 bits per heavy atom. The van der Waals surface area contributed by atoms with Gasteiger partial charge in [-0.1, -0.05) is 13.0 Å². The lowest BCUT2D eigenvalue weighted by molar-refractivity contribution is 0.102. The SMILES string of the molecule is Cc1ccc(-c2nn(C3CCC(C)CC3)cc2NC(=O)c2cnn3cccnc23)nc1. The van der Waals surface area contributed by atoms with Gasteiger partial charge in [0.1, 0.15) is 11.3 Å². The molecule has 5 rings (SSSR count). The van der Waals surface area contributed by atoms with E-state index in [1.807, 2.05) is 36.1 Å². The van der Waals surface area contributed by atoms with Gasteiger partial charge in [0.15, 0.2) is 5.65 Å². The Kier molecular flexibility index (Phi) is 4.97. The van der Waals surface area contributed by atoms with Crippen LogP contribution in [0.1, 0.15) is 54.6 Å². The van der Waals surface area contributed by atoms with Crippen LogP contribution < -0.4 is 5.32 Å². The van der Waals surface area contributed by atoms with E-state index in [4.69, 9.17) is 5.10 Å². The third kappa shape index (κ3) is 3.81. The van der Waals surface area contributed by atoms with Gasteiger partial charge in [0, 0.05) is 24.8 Å². The normalized spacial score (nSPS) is 18.9. The maximum absolute atomic E-state index is 13.1. The molecule has 31 heavy (non-hydrogen) atoms. The van der Waals surface area contributed by atoms with Crippen molar-refractivity contribution in [2.24, 2.45) is 5.92 Å². The van der Waals surface area contributed by atoms with E-state index in [2.05, 4.69) is 27.3 Å². The first kappa shape index (κ1) is 19.4. The minimum absolute atomic E-state index is 0.265. The molecule has 1 N–H and O–H groups in total. The number of nitrogens with one attached hydrogen (secondary N) is 1. The Balaban J connectivity index is 1.50. The van der Waals surface area contributed by atoms with Crippen molar-refractivity contribution in [3.63, 3.8) is 0 Å². The van der Waals surface area contributed by atoms with E-state index in [9.17, 15) is 4.79 Å². The molecule has 1 aliphatic carbocycles. The number of pyridine rings is 1. The molecule has 8 heteroatoms. The van der Waals surface area contributed by atoms with Gasteiger partial charge in [0.25, 0.3) is 5.91 Å². The van der Waals surface area contributed by atoms with E-state index in [0.717, 1.165) is 30.0 Å². The zero-order valence-electron chi connectivity index (χ0n) is 17.7. The van der Waals surface area contributed by atoms with Crippen molar-refractivity contribution in [2.45, 2.75) is 45.6 Å². The summed E-state index contributed by atoms with van der Waals surface area (Å²) in [5, 5.41) is 12.1. The average Bonchev–Trinajstić information content (AvgIpc) is 3.39. The molecule has 0 atom stereocenters. The Morgan fingerprint density at radius 3 is 2.74 bits per heavy atom. The lowest BCUT2D eigenvalue weighted by atomic mass is 9.87. The predicted octanol–water partition coefficient (Wildman–Crippen LogP) is 4.30. The third-order valence-corrected chi connectivity index (χ3v) is 6.02. The molecule has 4 heterocycles. The van der Waals surface area contributed by atoms with Gasteiger partial charge < -0.3 is 5.32 Å². The Hall–Kier alpha value is -3.55. The highest BCUT2D eigenvalue weighted by atomic mass is 16.1. The maximum atomic E-state index is 13.1. The molecule has 1 amide bonds. The summed E-state index contributed by atoms with van der Waals surface area (Å²) in [6.07, 6.45) is 13.3. The largest absolute Gasteiger partial charge is 0.319 e. The van der Waals surface area contributed by atoms with E-state index in [-0.39, 0.29) is 5.91 Å². The van der Waals surface area contributed by atoms with Crippen LogP contribution in [0.15, 0.2) is 49.2 Å². The number of hydrogen-bond acceptors (Lipinski definition) is 5. The van der Waals surface area contributed by atoms with Gasteiger partial charge >= 0.3 is 0 Å². The van der Waals surface area contributed by atoms with Crippen molar-refractivity contribution >= 4 is 17.2 Å². The van der Waals surface area contributed by atoms with E-state index in [1.165, 1.54) is 19.0 Å². The van der Waals surface area contributed by atoms with Gasteiger partial charge in [-0.25, -0.2) is 9.50 Å². The summed E-state index contributed by atoms with van der Waals surface area (Å²) in [6, 6.07) is 6.06. The van der Waals surface area contributed by atoms with Crippen molar-refractivity contribution in [2.75, 3.05) is 5.32 Å². The van der Waals surface area contributed by atoms with E-state index in [0.29, 0.717) is 28.6 Å². The van der Waals surface area contributed by atoms with Crippen LogP contribution in [0, 0.1) is 12.8 Å². The molecule has 1 aliphatic rings. The zero-order chi connectivity index (χ0) is 21.4. The van der Waals surface area contributed by atoms with Gasteiger partial charge in [0.2, 0.25) is 0 Å². The number of fused-ring (bicyclic) bond motifs is 1. The van der Waals surface area contributed by atoms with Crippen LogP contribution >= 0.6 is 0 Å². The summed E-state index contributed by atoms with van der Waals surface area (Å²) < 4.78 is 3.59. The molecule has 4 aromatic heterocycles. The van der Waals surface area contributed by atoms with Crippen LogP contribution in [0.2, 0.25) is 0 Å². The number of aryl methyl sites for hydroxylation is 1. The van der Waals surface area contributed by atoms with Crippen molar-refractivity contribution in [1.82, 2.24) is 29.4 Å². The van der Waals surface area contributed by atoms with Crippen molar-refractivity contribution in [1.29, 1.82) is 0 Å². The number of aromatic nitrogens is 6. The van der Waals surface area contributed by atoms with E-state index in [1.54, 1.807) is 23.0 Å². The second kappa shape index (κ2) is 7.94. The number of rotatable bonds is 4.